The summed E-state index contributed by atoms with van der Waals surface area (Å²) in [4.78, 5) is 2.09. The van der Waals surface area contributed by atoms with Gasteiger partial charge in [-0.25, -0.2) is 0 Å². The number of anilines is 1. The van der Waals surface area contributed by atoms with E-state index in [9.17, 15) is 0 Å². The van der Waals surface area contributed by atoms with E-state index in [2.05, 4.69) is 15.4 Å². The molecule has 1 saturated carbocycles. The molecule has 0 amide bonds. The Labute approximate surface area is 124 Å². The van der Waals surface area contributed by atoms with E-state index in [1.807, 2.05) is 37.4 Å². The number of hydrogen-bond acceptors (Lipinski definition) is 5. The van der Waals surface area contributed by atoms with Gasteiger partial charge in [-0.2, -0.15) is 0 Å². The zero-order valence-electron chi connectivity index (χ0n) is 12.5. The molecule has 1 aliphatic carbocycles. The van der Waals surface area contributed by atoms with Crippen molar-refractivity contribution in [3.63, 3.8) is 0 Å². The van der Waals surface area contributed by atoms with Crippen LogP contribution in [-0.2, 0) is 13.1 Å². The minimum Gasteiger partial charge on any atom is -0.495 e. The molecule has 1 fully saturated rings. The molecule has 0 atom stereocenters. The normalized spacial score (nSPS) is 14.2. The van der Waals surface area contributed by atoms with E-state index in [-0.39, 0.29) is 0 Å². The molecule has 0 spiro atoms. The van der Waals surface area contributed by atoms with Crippen LogP contribution in [0.4, 0.5) is 5.69 Å². The van der Waals surface area contributed by atoms with E-state index < -0.39 is 0 Å². The predicted molar refractivity (Wildman–Crippen MR) is 81.5 cm³/mol. The maximum absolute atomic E-state index is 5.41. The minimum absolute atomic E-state index is 0.663. The summed E-state index contributed by atoms with van der Waals surface area (Å²) in [6, 6.07) is 10.6. The number of para-hydroxylation sites is 2. The van der Waals surface area contributed by atoms with Crippen LogP contribution in [-0.4, -0.2) is 25.4 Å². The maximum Gasteiger partial charge on any atom is 0.156 e. The Hall–Kier alpha value is -2.01. The molecule has 0 aliphatic heterocycles. The zero-order valence-corrected chi connectivity index (χ0v) is 12.5. The summed E-state index contributed by atoms with van der Waals surface area (Å²) in [6.07, 6.45) is 2.56. The average molecular weight is 287 g/mol. The van der Waals surface area contributed by atoms with Crippen molar-refractivity contribution in [1.82, 2.24) is 10.5 Å². The van der Waals surface area contributed by atoms with Gasteiger partial charge in [-0.3, -0.25) is 0 Å². The van der Waals surface area contributed by atoms with Crippen molar-refractivity contribution in [1.29, 1.82) is 0 Å². The molecular formula is C16H21N3O2. The SMILES string of the molecule is COc1ccccc1N(C)Cc1cc(CNC2CC2)no1. The minimum atomic E-state index is 0.663. The first-order valence-electron chi connectivity index (χ1n) is 7.28. The number of aromatic nitrogens is 1. The Balaban J connectivity index is 1.62. The lowest BCUT2D eigenvalue weighted by molar-refractivity contribution is 0.373. The first-order valence-corrected chi connectivity index (χ1v) is 7.28. The van der Waals surface area contributed by atoms with Crippen LogP contribution in [0.2, 0.25) is 0 Å². The molecule has 112 valence electrons. The Kier molecular flexibility index (Phi) is 4.10. The van der Waals surface area contributed by atoms with Crippen molar-refractivity contribution >= 4 is 5.69 Å². The number of nitrogens with one attached hydrogen (secondary N) is 1. The summed E-state index contributed by atoms with van der Waals surface area (Å²) < 4.78 is 10.8. The van der Waals surface area contributed by atoms with E-state index in [0.717, 1.165) is 29.4 Å². The lowest BCUT2D eigenvalue weighted by Crippen LogP contribution is -2.17. The van der Waals surface area contributed by atoms with Crippen LogP contribution in [0.25, 0.3) is 0 Å². The Bertz CT molecular complexity index is 593. The molecule has 0 radical (unpaired) electrons. The zero-order chi connectivity index (χ0) is 14.7. The van der Waals surface area contributed by atoms with Gasteiger partial charge in [0, 0.05) is 25.7 Å². The highest BCUT2D eigenvalue weighted by molar-refractivity contribution is 5.57. The second-order valence-electron chi connectivity index (χ2n) is 5.47. The van der Waals surface area contributed by atoms with Crippen molar-refractivity contribution in [2.45, 2.75) is 32.0 Å². The van der Waals surface area contributed by atoms with Crippen LogP contribution >= 0.6 is 0 Å². The van der Waals surface area contributed by atoms with Crippen LogP contribution in [0, 0.1) is 0 Å². The van der Waals surface area contributed by atoms with Gasteiger partial charge in [0.2, 0.25) is 0 Å². The van der Waals surface area contributed by atoms with Gasteiger partial charge in [-0.1, -0.05) is 17.3 Å². The molecule has 1 aliphatic rings. The Morgan fingerprint density at radius 2 is 2.19 bits per heavy atom. The molecule has 0 bridgehead atoms. The Morgan fingerprint density at radius 3 is 2.95 bits per heavy atom. The number of rotatable bonds is 7. The number of benzene rings is 1. The highest BCUT2D eigenvalue weighted by Crippen LogP contribution is 2.27. The van der Waals surface area contributed by atoms with Gasteiger partial charge in [0.1, 0.15) is 5.75 Å². The van der Waals surface area contributed by atoms with Gasteiger partial charge in [-0.05, 0) is 25.0 Å². The van der Waals surface area contributed by atoms with Crippen LogP contribution < -0.4 is 15.0 Å². The molecule has 0 saturated heterocycles. The van der Waals surface area contributed by atoms with Gasteiger partial charge >= 0.3 is 0 Å². The van der Waals surface area contributed by atoms with Crippen LogP contribution in [0.5, 0.6) is 5.75 Å². The van der Waals surface area contributed by atoms with Gasteiger partial charge in [0.25, 0.3) is 0 Å². The molecule has 2 aromatic rings. The quantitative estimate of drug-likeness (QED) is 0.848. The fraction of sp³-hybridized carbons (Fsp3) is 0.438. The summed E-state index contributed by atoms with van der Waals surface area (Å²) >= 11 is 0. The summed E-state index contributed by atoms with van der Waals surface area (Å²) in [5.41, 5.74) is 2.00. The molecule has 1 heterocycles. The first kappa shape index (κ1) is 13.9. The van der Waals surface area contributed by atoms with E-state index in [1.54, 1.807) is 7.11 Å². The van der Waals surface area contributed by atoms with Crippen molar-refractivity contribution in [3.8, 4) is 5.75 Å². The molecule has 5 nitrogen and oxygen atoms in total. The highest BCUT2D eigenvalue weighted by atomic mass is 16.5. The monoisotopic (exact) mass is 287 g/mol. The highest BCUT2D eigenvalue weighted by Gasteiger charge is 2.20. The van der Waals surface area contributed by atoms with Crippen LogP contribution in [0.15, 0.2) is 34.9 Å². The largest absolute Gasteiger partial charge is 0.495 e. The van der Waals surface area contributed by atoms with Crippen molar-refractivity contribution in [3.05, 3.63) is 41.8 Å². The lowest BCUT2D eigenvalue weighted by atomic mass is 10.2. The molecule has 3 rings (SSSR count). The summed E-state index contributed by atoms with van der Waals surface area (Å²) in [6.45, 7) is 1.45. The number of hydrogen-bond donors (Lipinski definition) is 1. The van der Waals surface area contributed by atoms with Crippen molar-refractivity contribution in [2.75, 3.05) is 19.1 Å². The smallest absolute Gasteiger partial charge is 0.156 e. The number of ether oxygens (including phenoxy) is 1. The van der Waals surface area contributed by atoms with Gasteiger partial charge < -0.3 is 19.5 Å². The standard InChI is InChI=1S/C16H21N3O2/c1-19(15-5-3-4-6-16(15)20-2)11-14-9-13(18-21-14)10-17-12-7-8-12/h3-6,9,12,17H,7-8,10-11H2,1-2H3. The third-order valence-electron chi connectivity index (χ3n) is 3.65. The van der Waals surface area contributed by atoms with E-state index in [0.29, 0.717) is 12.6 Å². The summed E-state index contributed by atoms with van der Waals surface area (Å²) in [7, 11) is 3.70. The lowest BCUT2D eigenvalue weighted by Gasteiger charge is -2.20. The van der Waals surface area contributed by atoms with Crippen LogP contribution in [0.3, 0.4) is 0 Å². The molecule has 21 heavy (non-hydrogen) atoms. The van der Waals surface area contributed by atoms with Crippen LogP contribution in [0.1, 0.15) is 24.3 Å². The first-order chi connectivity index (χ1) is 10.3. The topological polar surface area (TPSA) is 50.5 Å². The van der Waals surface area contributed by atoms with Crippen molar-refractivity contribution < 1.29 is 9.26 Å². The number of methoxy groups -OCH3 is 1. The predicted octanol–water partition coefficient (Wildman–Crippen LogP) is 2.57. The van der Waals surface area contributed by atoms with Gasteiger partial charge in [0.15, 0.2) is 5.76 Å². The third kappa shape index (κ3) is 3.55. The number of nitrogens with zero attached hydrogens (tertiary/aromatic N) is 2. The average Bonchev–Trinajstić information content (AvgIpc) is 3.24. The maximum atomic E-state index is 5.41. The van der Waals surface area contributed by atoms with Gasteiger partial charge in [-0.15, -0.1) is 0 Å². The molecule has 1 aromatic heterocycles. The van der Waals surface area contributed by atoms with Crippen molar-refractivity contribution in [2.24, 2.45) is 0 Å². The molecule has 1 aromatic carbocycles. The van der Waals surface area contributed by atoms with E-state index in [4.69, 9.17) is 9.26 Å². The summed E-state index contributed by atoms with van der Waals surface area (Å²) in [5, 5.41) is 7.54. The second kappa shape index (κ2) is 6.18. The van der Waals surface area contributed by atoms with E-state index >= 15 is 0 Å². The fourth-order valence-corrected chi connectivity index (χ4v) is 2.31. The molecule has 1 N–H and O–H groups in total. The fourth-order valence-electron chi connectivity index (χ4n) is 2.31. The van der Waals surface area contributed by atoms with E-state index in [1.165, 1.54) is 12.8 Å². The van der Waals surface area contributed by atoms with Gasteiger partial charge in [0.05, 0.1) is 25.0 Å². The molecule has 5 heteroatoms. The summed E-state index contributed by atoms with van der Waals surface area (Å²) in [5.74, 6) is 1.71. The second-order valence-corrected chi connectivity index (χ2v) is 5.47. The third-order valence-corrected chi connectivity index (χ3v) is 3.65. The Morgan fingerprint density at radius 1 is 1.38 bits per heavy atom. The molecule has 0 unspecified atom stereocenters. The molecular weight excluding hydrogens is 266 g/mol.